The molecule has 0 N–H and O–H groups in total. The molecule has 0 spiro atoms. The number of hydrogen-bond acceptors (Lipinski definition) is 6. The molecule has 7 nitrogen and oxygen atoms in total. The van der Waals surface area contributed by atoms with Crippen LogP contribution < -0.4 is 4.90 Å². The Balaban J connectivity index is 2.03. The molecule has 1 fully saturated rings. The molecular formula is C14H13N3O4S. The van der Waals surface area contributed by atoms with E-state index in [-0.39, 0.29) is 17.4 Å². The quantitative estimate of drug-likeness (QED) is 0.629. The second-order valence-corrected chi connectivity index (χ2v) is 6.03. The van der Waals surface area contributed by atoms with Crippen molar-refractivity contribution < 1.29 is 9.85 Å². The molecule has 0 amide bonds. The van der Waals surface area contributed by atoms with Crippen molar-refractivity contribution >= 4 is 28.4 Å². The molecule has 114 valence electrons. The number of anilines is 1. The Morgan fingerprint density at radius 3 is 2.64 bits per heavy atom. The summed E-state index contributed by atoms with van der Waals surface area (Å²) in [5, 5.41) is 24.1. The first kappa shape index (κ1) is 14.5. The molecule has 8 heteroatoms. The lowest BCUT2D eigenvalue weighted by atomic mass is 10.1. The molecule has 1 saturated heterocycles. The van der Waals surface area contributed by atoms with Gasteiger partial charge in [0.1, 0.15) is 5.69 Å². The van der Waals surface area contributed by atoms with E-state index in [2.05, 4.69) is 0 Å². The van der Waals surface area contributed by atoms with Gasteiger partial charge in [-0.1, -0.05) is 6.07 Å². The van der Waals surface area contributed by atoms with Crippen molar-refractivity contribution in [2.45, 2.75) is 18.9 Å². The summed E-state index contributed by atoms with van der Waals surface area (Å²) in [6.45, 7) is 0.710. The molecule has 3 rings (SSSR count). The molecule has 1 aliphatic heterocycles. The van der Waals surface area contributed by atoms with Crippen LogP contribution in [0.5, 0.6) is 0 Å². The van der Waals surface area contributed by atoms with E-state index >= 15 is 0 Å². The van der Waals surface area contributed by atoms with Crippen LogP contribution in [0.25, 0.3) is 0 Å². The molecule has 1 aromatic carbocycles. The van der Waals surface area contributed by atoms with Crippen LogP contribution >= 0.6 is 11.3 Å². The molecule has 1 aliphatic rings. The highest BCUT2D eigenvalue weighted by Crippen LogP contribution is 2.42. The lowest BCUT2D eigenvalue weighted by Gasteiger charge is -2.25. The maximum Gasteiger partial charge on any atom is 0.299 e. The minimum absolute atomic E-state index is 0.0974. The Morgan fingerprint density at radius 2 is 2.00 bits per heavy atom. The number of hydrogen-bond donors (Lipinski definition) is 0. The second kappa shape index (κ2) is 5.72. The zero-order valence-electron chi connectivity index (χ0n) is 11.5. The van der Waals surface area contributed by atoms with Gasteiger partial charge in [0.2, 0.25) is 0 Å². The second-order valence-electron chi connectivity index (χ2n) is 5.05. The standard InChI is InChI=1S/C14H13N3O4S/c18-16(19)10-5-6-11(13(9-10)17(20)21)15-7-1-3-12(15)14-4-2-8-22-14/h2,4-6,8-9,12H,1,3,7H2. The number of benzene rings is 1. The number of thiophene rings is 1. The van der Waals surface area contributed by atoms with Crippen LogP contribution in [0.1, 0.15) is 23.8 Å². The zero-order chi connectivity index (χ0) is 15.7. The smallest absolute Gasteiger partial charge is 0.299 e. The van der Waals surface area contributed by atoms with E-state index in [1.54, 1.807) is 11.3 Å². The largest absolute Gasteiger partial charge is 0.358 e. The van der Waals surface area contributed by atoms with Gasteiger partial charge in [0.25, 0.3) is 11.4 Å². The van der Waals surface area contributed by atoms with Crippen LogP contribution in [-0.4, -0.2) is 16.4 Å². The molecule has 2 aromatic rings. The average Bonchev–Trinajstić information content (AvgIpc) is 3.17. The third kappa shape index (κ3) is 2.52. The van der Waals surface area contributed by atoms with Crippen molar-refractivity contribution in [1.29, 1.82) is 0 Å². The van der Waals surface area contributed by atoms with Gasteiger partial charge in [0.05, 0.1) is 22.0 Å². The van der Waals surface area contributed by atoms with E-state index in [1.807, 2.05) is 22.4 Å². The van der Waals surface area contributed by atoms with Crippen molar-refractivity contribution in [3.63, 3.8) is 0 Å². The van der Waals surface area contributed by atoms with Crippen molar-refractivity contribution in [3.8, 4) is 0 Å². The van der Waals surface area contributed by atoms with Crippen molar-refractivity contribution in [2.24, 2.45) is 0 Å². The summed E-state index contributed by atoms with van der Waals surface area (Å²) in [5.41, 5.74) is -0.0218. The Kier molecular flexibility index (Phi) is 3.76. The van der Waals surface area contributed by atoms with Gasteiger partial charge in [0, 0.05) is 17.5 Å². The molecule has 1 unspecified atom stereocenters. The van der Waals surface area contributed by atoms with E-state index in [0.717, 1.165) is 23.8 Å². The maximum absolute atomic E-state index is 11.3. The zero-order valence-corrected chi connectivity index (χ0v) is 12.4. The van der Waals surface area contributed by atoms with Crippen LogP contribution in [-0.2, 0) is 0 Å². The maximum atomic E-state index is 11.3. The normalized spacial score (nSPS) is 17.6. The van der Waals surface area contributed by atoms with Gasteiger partial charge in [-0.05, 0) is 30.4 Å². The Labute approximate surface area is 130 Å². The summed E-state index contributed by atoms with van der Waals surface area (Å²) >= 11 is 1.62. The first-order valence-corrected chi connectivity index (χ1v) is 7.69. The first-order valence-electron chi connectivity index (χ1n) is 6.81. The van der Waals surface area contributed by atoms with Crippen LogP contribution in [0.4, 0.5) is 17.1 Å². The van der Waals surface area contributed by atoms with Crippen molar-refractivity contribution in [2.75, 3.05) is 11.4 Å². The SMILES string of the molecule is O=[N+]([O-])c1ccc(N2CCCC2c2cccs2)c([N+](=O)[O-])c1. The molecule has 1 atom stereocenters. The van der Waals surface area contributed by atoms with Gasteiger partial charge in [-0.3, -0.25) is 20.2 Å². The lowest BCUT2D eigenvalue weighted by Crippen LogP contribution is -2.22. The first-order chi connectivity index (χ1) is 10.6. The summed E-state index contributed by atoms with van der Waals surface area (Å²) in [6.07, 6.45) is 1.87. The van der Waals surface area contributed by atoms with E-state index in [4.69, 9.17) is 0 Å². The highest BCUT2D eigenvalue weighted by Gasteiger charge is 2.32. The molecular weight excluding hydrogens is 306 g/mol. The van der Waals surface area contributed by atoms with Crippen LogP contribution in [0, 0.1) is 20.2 Å². The van der Waals surface area contributed by atoms with E-state index < -0.39 is 9.85 Å². The average molecular weight is 319 g/mol. The van der Waals surface area contributed by atoms with Gasteiger partial charge in [-0.15, -0.1) is 11.3 Å². The Morgan fingerprint density at radius 1 is 1.18 bits per heavy atom. The monoisotopic (exact) mass is 319 g/mol. The van der Waals surface area contributed by atoms with Gasteiger partial charge < -0.3 is 4.90 Å². The Bertz CT molecular complexity index is 717. The van der Waals surface area contributed by atoms with Crippen molar-refractivity contribution in [3.05, 3.63) is 60.8 Å². The molecule has 22 heavy (non-hydrogen) atoms. The predicted molar refractivity (Wildman–Crippen MR) is 83.4 cm³/mol. The minimum atomic E-state index is -0.614. The van der Waals surface area contributed by atoms with Crippen molar-refractivity contribution in [1.82, 2.24) is 0 Å². The molecule has 1 aromatic heterocycles. The van der Waals surface area contributed by atoms with Crippen LogP contribution in [0.15, 0.2) is 35.7 Å². The van der Waals surface area contributed by atoms with E-state index in [0.29, 0.717) is 12.2 Å². The number of non-ortho nitro benzene ring substituents is 1. The summed E-state index contributed by atoms with van der Waals surface area (Å²) in [5.74, 6) is 0. The topological polar surface area (TPSA) is 89.5 Å². The predicted octanol–water partition coefficient (Wildman–Crippen LogP) is 3.91. The van der Waals surface area contributed by atoms with Crippen LogP contribution in [0.2, 0.25) is 0 Å². The number of nitro groups is 2. The highest BCUT2D eigenvalue weighted by atomic mass is 32.1. The van der Waals surface area contributed by atoms with E-state index in [1.165, 1.54) is 12.1 Å². The van der Waals surface area contributed by atoms with Gasteiger partial charge in [0.15, 0.2) is 0 Å². The molecule has 2 heterocycles. The molecule has 0 radical (unpaired) electrons. The lowest BCUT2D eigenvalue weighted by molar-refractivity contribution is -0.393. The third-order valence-corrected chi connectivity index (χ3v) is 4.77. The summed E-state index contributed by atoms with van der Waals surface area (Å²) in [6, 6.07) is 7.93. The fourth-order valence-electron chi connectivity index (χ4n) is 2.85. The number of nitro benzene ring substituents is 2. The third-order valence-electron chi connectivity index (χ3n) is 3.80. The fourth-order valence-corrected chi connectivity index (χ4v) is 3.72. The molecule has 0 bridgehead atoms. The van der Waals surface area contributed by atoms with Gasteiger partial charge >= 0.3 is 0 Å². The molecule has 0 aliphatic carbocycles. The number of nitrogens with zero attached hydrogens (tertiary/aromatic N) is 3. The summed E-state index contributed by atoms with van der Waals surface area (Å²) < 4.78 is 0. The highest BCUT2D eigenvalue weighted by molar-refractivity contribution is 7.10. The number of rotatable bonds is 4. The van der Waals surface area contributed by atoms with Gasteiger partial charge in [-0.2, -0.15) is 0 Å². The van der Waals surface area contributed by atoms with Gasteiger partial charge in [-0.25, -0.2) is 0 Å². The van der Waals surface area contributed by atoms with E-state index in [9.17, 15) is 20.2 Å². The summed E-state index contributed by atoms with van der Waals surface area (Å²) in [7, 11) is 0. The van der Waals surface area contributed by atoms with Crippen LogP contribution in [0.3, 0.4) is 0 Å². The fraction of sp³-hybridized carbons (Fsp3) is 0.286. The minimum Gasteiger partial charge on any atom is -0.358 e. The Hall–Kier alpha value is -2.48. The molecule has 0 saturated carbocycles. The summed E-state index contributed by atoms with van der Waals surface area (Å²) in [4.78, 5) is 24.1.